The van der Waals surface area contributed by atoms with E-state index in [1.54, 1.807) is 18.2 Å². The van der Waals surface area contributed by atoms with E-state index in [-0.39, 0.29) is 11.9 Å². The van der Waals surface area contributed by atoms with Gasteiger partial charge in [-0.1, -0.05) is 57.9 Å². The Hall–Kier alpha value is -3.02. The van der Waals surface area contributed by atoms with Gasteiger partial charge in [0.25, 0.3) is 5.91 Å². The SMILES string of the molecule is O=C(c1cc2cc(Cl)ccc2o1)N1CCc2c([nH]c3ccccc23)[C@H]1c1ccc(Br)cc1. The summed E-state index contributed by atoms with van der Waals surface area (Å²) in [5.41, 5.74) is 5.13. The highest BCUT2D eigenvalue weighted by Crippen LogP contribution is 2.39. The minimum absolute atomic E-state index is 0.130. The third-order valence-electron chi connectivity index (χ3n) is 6.17. The molecule has 3 heterocycles. The van der Waals surface area contributed by atoms with E-state index in [4.69, 9.17) is 16.0 Å². The molecule has 1 aliphatic rings. The molecule has 1 N–H and O–H groups in total. The van der Waals surface area contributed by atoms with Crippen LogP contribution < -0.4 is 0 Å². The number of hydrogen-bond acceptors (Lipinski definition) is 2. The molecule has 1 atom stereocenters. The summed E-state index contributed by atoms with van der Waals surface area (Å²) in [5, 5.41) is 2.66. The monoisotopic (exact) mass is 504 g/mol. The fraction of sp³-hybridized carbons (Fsp3) is 0.115. The number of amides is 1. The zero-order valence-electron chi connectivity index (χ0n) is 16.9. The molecule has 1 aliphatic heterocycles. The van der Waals surface area contributed by atoms with Gasteiger partial charge in [-0.05, 0) is 60.0 Å². The molecule has 0 radical (unpaired) electrons. The van der Waals surface area contributed by atoms with Gasteiger partial charge in [-0.2, -0.15) is 0 Å². The largest absolute Gasteiger partial charge is 0.451 e. The average Bonchev–Trinajstić information content (AvgIpc) is 3.39. The van der Waals surface area contributed by atoms with E-state index in [0.717, 1.165) is 33.1 Å². The maximum absolute atomic E-state index is 13.7. The van der Waals surface area contributed by atoms with Crippen LogP contribution in [0.15, 0.2) is 81.7 Å². The van der Waals surface area contributed by atoms with Crippen molar-refractivity contribution in [1.82, 2.24) is 9.88 Å². The molecule has 0 fully saturated rings. The molecule has 0 unspecified atom stereocenters. The van der Waals surface area contributed by atoms with Crippen molar-refractivity contribution < 1.29 is 9.21 Å². The Kier molecular flexibility index (Phi) is 4.63. The van der Waals surface area contributed by atoms with Crippen LogP contribution >= 0.6 is 27.5 Å². The lowest BCUT2D eigenvalue weighted by molar-refractivity contribution is 0.0661. The van der Waals surface area contributed by atoms with Gasteiger partial charge in [0, 0.05) is 38.0 Å². The van der Waals surface area contributed by atoms with Crippen LogP contribution in [-0.2, 0) is 6.42 Å². The summed E-state index contributed by atoms with van der Waals surface area (Å²) in [5.74, 6) is 0.193. The third-order valence-corrected chi connectivity index (χ3v) is 6.93. The van der Waals surface area contributed by atoms with Gasteiger partial charge in [-0.25, -0.2) is 0 Å². The van der Waals surface area contributed by atoms with Gasteiger partial charge in [-0.3, -0.25) is 4.79 Å². The van der Waals surface area contributed by atoms with Crippen molar-refractivity contribution in [2.45, 2.75) is 12.5 Å². The van der Waals surface area contributed by atoms with Gasteiger partial charge in [0.1, 0.15) is 5.58 Å². The number of para-hydroxylation sites is 1. The highest BCUT2D eigenvalue weighted by atomic mass is 79.9. The summed E-state index contributed by atoms with van der Waals surface area (Å²) in [7, 11) is 0. The molecule has 158 valence electrons. The van der Waals surface area contributed by atoms with Gasteiger partial charge in [0.05, 0.1) is 6.04 Å². The fourth-order valence-corrected chi connectivity index (χ4v) is 5.16. The van der Waals surface area contributed by atoms with Crippen LogP contribution in [0.25, 0.3) is 21.9 Å². The first-order valence-electron chi connectivity index (χ1n) is 10.4. The van der Waals surface area contributed by atoms with Gasteiger partial charge >= 0.3 is 0 Å². The normalized spacial score (nSPS) is 15.9. The Balaban J connectivity index is 1.49. The van der Waals surface area contributed by atoms with Gasteiger partial charge in [-0.15, -0.1) is 0 Å². The smallest absolute Gasteiger partial charge is 0.290 e. The van der Waals surface area contributed by atoms with Crippen LogP contribution in [0.4, 0.5) is 0 Å². The Morgan fingerprint density at radius 3 is 2.72 bits per heavy atom. The lowest BCUT2D eigenvalue weighted by atomic mass is 9.92. The summed E-state index contributed by atoms with van der Waals surface area (Å²) < 4.78 is 6.92. The second-order valence-corrected chi connectivity index (χ2v) is 9.41. The highest BCUT2D eigenvalue weighted by Gasteiger charge is 2.36. The number of carbonyl (C=O) groups is 1. The van der Waals surface area contributed by atoms with E-state index in [9.17, 15) is 4.79 Å². The summed E-state index contributed by atoms with van der Waals surface area (Å²) >= 11 is 9.64. The third kappa shape index (κ3) is 3.15. The molecule has 6 heteroatoms. The second-order valence-electron chi connectivity index (χ2n) is 8.06. The summed E-state index contributed by atoms with van der Waals surface area (Å²) in [6.45, 7) is 0.603. The number of carbonyl (C=O) groups excluding carboxylic acids is 1. The molecule has 3 aromatic carbocycles. The predicted molar refractivity (Wildman–Crippen MR) is 130 cm³/mol. The van der Waals surface area contributed by atoms with E-state index in [0.29, 0.717) is 22.9 Å². The number of fused-ring (bicyclic) bond motifs is 4. The van der Waals surface area contributed by atoms with Crippen molar-refractivity contribution in [3.05, 3.63) is 105 Å². The van der Waals surface area contributed by atoms with Crippen molar-refractivity contribution in [1.29, 1.82) is 0 Å². The molecule has 1 amide bonds. The van der Waals surface area contributed by atoms with Crippen LogP contribution in [0.5, 0.6) is 0 Å². The van der Waals surface area contributed by atoms with Gasteiger partial charge in [0.15, 0.2) is 5.76 Å². The standard InChI is InChI=1S/C26H18BrClN2O2/c27-17-7-5-15(6-8-17)25-24-20(19-3-1-2-4-21(19)29-24)11-12-30(25)26(31)23-14-16-13-18(28)9-10-22(16)32-23/h1-10,13-14,25,29H,11-12H2/t25-/m1/s1. The first kappa shape index (κ1) is 19.6. The molecule has 4 nitrogen and oxygen atoms in total. The second kappa shape index (κ2) is 7.54. The zero-order chi connectivity index (χ0) is 21.8. The first-order chi connectivity index (χ1) is 15.6. The maximum Gasteiger partial charge on any atom is 0.290 e. The van der Waals surface area contributed by atoms with Crippen LogP contribution in [0, 0.1) is 0 Å². The van der Waals surface area contributed by atoms with E-state index in [1.165, 1.54) is 10.9 Å². The number of rotatable bonds is 2. The number of aromatic amines is 1. The lowest BCUT2D eigenvalue weighted by Crippen LogP contribution is -2.40. The number of nitrogens with zero attached hydrogens (tertiary/aromatic N) is 1. The van der Waals surface area contributed by atoms with Crippen molar-refractivity contribution in [3.63, 3.8) is 0 Å². The quantitative estimate of drug-likeness (QED) is 0.278. The van der Waals surface area contributed by atoms with E-state index in [1.807, 2.05) is 29.2 Å². The number of aromatic nitrogens is 1. The Labute approximate surface area is 197 Å². The summed E-state index contributed by atoms with van der Waals surface area (Å²) in [6, 6.07) is 23.4. The highest BCUT2D eigenvalue weighted by molar-refractivity contribution is 9.10. The van der Waals surface area contributed by atoms with Crippen LogP contribution in [0.1, 0.15) is 33.4 Å². The Morgan fingerprint density at radius 1 is 1.06 bits per heavy atom. The van der Waals surface area contributed by atoms with E-state index < -0.39 is 0 Å². The number of furan rings is 1. The maximum atomic E-state index is 13.7. The van der Waals surface area contributed by atoms with Crippen molar-refractivity contribution in [3.8, 4) is 0 Å². The van der Waals surface area contributed by atoms with Gasteiger partial charge in [0.2, 0.25) is 0 Å². The molecule has 0 aliphatic carbocycles. The minimum atomic E-state index is -0.233. The van der Waals surface area contributed by atoms with Gasteiger partial charge < -0.3 is 14.3 Å². The van der Waals surface area contributed by atoms with Crippen molar-refractivity contribution >= 4 is 55.3 Å². The first-order valence-corrected chi connectivity index (χ1v) is 11.6. The fourth-order valence-electron chi connectivity index (χ4n) is 4.71. The molecule has 6 rings (SSSR count). The zero-order valence-corrected chi connectivity index (χ0v) is 19.3. The molecule has 0 spiro atoms. The molecule has 0 saturated carbocycles. The molecule has 32 heavy (non-hydrogen) atoms. The molecular weight excluding hydrogens is 488 g/mol. The Morgan fingerprint density at radius 2 is 1.88 bits per heavy atom. The summed E-state index contributed by atoms with van der Waals surface area (Å²) in [6.07, 6.45) is 0.782. The molecule has 2 aromatic heterocycles. The predicted octanol–water partition coefficient (Wildman–Crippen LogP) is 7.12. The number of H-pyrrole nitrogens is 1. The van der Waals surface area contributed by atoms with Crippen molar-refractivity contribution in [2.24, 2.45) is 0 Å². The minimum Gasteiger partial charge on any atom is -0.451 e. The average molecular weight is 506 g/mol. The van der Waals surface area contributed by atoms with Crippen LogP contribution in [0.3, 0.4) is 0 Å². The number of nitrogens with one attached hydrogen (secondary N) is 1. The number of hydrogen-bond donors (Lipinski definition) is 1. The number of benzene rings is 3. The van der Waals surface area contributed by atoms with Crippen LogP contribution in [-0.4, -0.2) is 22.3 Å². The molecule has 0 saturated heterocycles. The van der Waals surface area contributed by atoms with E-state index >= 15 is 0 Å². The molecular formula is C26H18BrClN2O2. The lowest BCUT2D eigenvalue weighted by Gasteiger charge is -2.35. The van der Waals surface area contributed by atoms with Crippen molar-refractivity contribution in [2.75, 3.05) is 6.54 Å². The van der Waals surface area contributed by atoms with Crippen LogP contribution in [0.2, 0.25) is 5.02 Å². The topological polar surface area (TPSA) is 49.2 Å². The number of halogens is 2. The molecule has 5 aromatic rings. The Bertz CT molecular complexity index is 1490. The summed E-state index contributed by atoms with van der Waals surface area (Å²) in [4.78, 5) is 19.2. The van der Waals surface area contributed by atoms with E-state index in [2.05, 4.69) is 51.2 Å². The molecule has 0 bridgehead atoms.